The second-order valence-corrected chi connectivity index (χ2v) is 11.6. The summed E-state index contributed by atoms with van der Waals surface area (Å²) in [7, 11) is 1.61. The predicted molar refractivity (Wildman–Crippen MR) is 172 cm³/mol. The second kappa shape index (κ2) is 14.7. The van der Waals surface area contributed by atoms with E-state index in [4.69, 9.17) is 16.2 Å². The monoisotopic (exact) mass is 608 g/mol. The third-order valence-corrected chi connectivity index (χ3v) is 8.51. The minimum Gasteiger partial charge on any atom is -0.497 e. The number of primary amides is 1. The van der Waals surface area contributed by atoms with Gasteiger partial charge < -0.3 is 31.8 Å². The van der Waals surface area contributed by atoms with Crippen LogP contribution in [0.3, 0.4) is 0 Å². The molecule has 234 valence electrons. The van der Waals surface area contributed by atoms with E-state index in [1.165, 1.54) is 0 Å². The highest BCUT2D eigenvalue weighted by atomic mass is 16.5. The van der Waals surface area contributed by atoms with Gasteiger partial charge in [-0.05, 0) is 97.7 Å². The summed E-state index contributed by atoms with van der Waals surface area (Å²) in [4.78, 5) is 46.0. The van der Waals surface area contributed by atoms with Gasteiger partial charge in [0.2, 0.25) is 11.8 Å². The van der Waals surface area contributed by atoms with Crippen molar-refractivity contribution >= 4 is 17.7 Å². The van der Waals surface area contributed by atoms with Crippen LogP contribution in [0.15, 0.2) is 79.0 Å². The van der Waals surface area contributed by atoms with E-state index >= 15 is 0 Å². The summed E-state index contributed by atoms with van der Waals surface area (Å²) in [6.45, 7) is 1.03. The van der Waals surface area contributed by atoms with Crippen molar-refractivity contribution in [2.45, 2.75) is 44.7 Å². The molecule has 0 spiro atoms. The number of methoxy groups -OCH3 is 1. The molecular weight excluding hydrogens is 568 g/mol. The number of carbonyl (C=O) groups excluding carboxylic acids is 3. The SMILES string of the molecule is COc1ccc(CNC(=O)c2cccc(CC(NC(=O)C3CCC(CN)CC3)c3ncc(-c4ccc(C(N)=O)cc4)[nH]3)c2)cc1. The molecule has 10 heteroatoms. The van der Waals surface area contributed by atoms with Crippen LogP contribution in [0.5, 0.6) is 5.75 Å². The molecule has 10 nitrogen and oxygen atoms in total. The number of carbonyl (C=O) groups is 3. The average Bonchev–Trinajstić information content (AvgIpc) is 3.58. The normalized spacial score (nSPS) is 16.8. The zero-order valence-electron chi connectivity index (χ0n) is 25.4. The first-order valence-electron chi connectivity index (χ1n) is 15.3. The van der Waals surface area contributed by atoms with Crippen LogP contribution in [0.4, 0.5) is 0 Å². The lowest BCUT2D eigenvalue weighted by Crippen LogP contribution is -2.37. The van der Waals surface area contributed by atoms with Crippen molar-refractivity contribution in [3.05, 3.63) is 107 Å². The standard InChI is InChI=1S/C35H40N6O4/c1-45-29-15-7-23(8-16-29)20-39-34(43)28-4-2-3-24(17-28)18-30(41-35(44)27-9-5-22(19-36)6-10-27)33-38-21-31(40-33)25-11-13-26(14-12-25)32(37)42/h2-4,7-8,11-17,21-22,27,30H,5-6,9-10,18-20,36H2,1H3,(H2,37,42)(H,38,40)(H,39,43)(H,41,44). The van der Waals surface area contributed by atoms with Gasteiger partial charge in [-0.15, -0.1) is 0 Å². The van der Waals surface area contributed by atoms with Crippen molar-refractivity contribution in [1.82, 2.24) is 20.6 Å². The number of imidazole rings is 1. The molecule has 0 saturated heterocycles. The minimum atomic E-state index is -0.494. The lowest BCUT2D eigenvalue weighted by Gasteiger charge is -2.28. The van der Waals surface area contributed by atoms with Crippen LogP contribution >= 0.6 is 0 Å². The number of H-pyrrole nitrogens is 1. The average molecular weight is 609 g/mol. The number of benzene rings is 3. The Morgan fingerprint density at radius 1 is 0.956 bits per heavy atom. The second-order valence-electron chi connectivity index (χ2n) is 11.6. The molecular formula is C35H40N6O4. The third kappa shape index (κ3) is 8.16. The Bertz CT molecular complexity index is 1610. The number of rotatable bonds is 12. The first kappa shape index (κ1) is 31.5. The maximum atomic E-state index is 13.5. The molecule has 1 heterocycles. The molecule has 3 amide bonds. The van der Waals surface area contributed by atoms with Gasteiger partial charge in [0, 0.05) is 23.6 Å². The summed E-state index contributed by atoms with van der Waals surface area (Å²) >= 11 is 0. The Balaban J connectivity index is 1.32. The quantitative estimate of drug-likeness (QED) is 0.161. The first-order valence-corrected chi connectivity index (χ1v) is 15.3. The topological polar surface area (TPSA) is 165 Å². The van der Waals surface area contributed by atoms with Gasteiger partial charge in [-0.2, -0.15) is 0 Å². The molecule has 5 rings (SSSR count). The summed E-state index contributed by atoms with van der Waals surface area (Å²) in [6, 6.07) is 21.4. The molecule has 0 bridgehead atoms. The first-order chi connectivity index (χ1) is 21.8. The van der Waals surface area contributed by atoms with Crippen molar-refractivity contribution in [3.8, 4) is 17.0 Å². The Kier molecular flexibility index (Phi) is 10.3. The Morgan fingerprint density at radius 3 is 2.36 bits per heavy atom. The number of aromatic amines is 1. The molecule has 0 aliphatic heterocycles. The Hall–Kier alpha value is -4.96. The van der Waals surface area contributed by atoms with E-state index in [0.29, 0.717) is 42.4 Å². The molecule has 1 atom stereocenters. The summed E-state index contributed by atoms with van der Waals surface area (Å²) < 4.78 is 5.20. The third-order valence-electron chi connectivity index (χ3n) is 8.51. The number of hydrogen-bond acceptors (Lipinski definition) is 6. The van der Waals surface area contributed by atoms with Crippen molar-refractivity contribution in [2.24, 2.45) is 23.3 Å². The highest BCUT2D eigenvalue weighted by Gasteiger charge is 2.28. The molecule has 1 aliphatic carbocycles. The number of ether oxygens (including phenoxy) is 1. The number of aromatic nitrogens is 2. The zero-order chi connectivity index (χ0) is 31.8. The molecule has 1 unspecified atom stereocenters. The number of nitrogens with zero attached hydrogens (tertiary/aromatic N) is 1. The van der Waals surface area contributed by atoms with Gasteiger partial charge in [-0.25, -0.2) is 4.98 Å². The predicted octanol–water partition coefficient (Wildman–Crippen LogP) is 4.28. The van der Waals surface area contributed by atoms with Crippen LogP contribution in [0.25, 0.3) is 11.3 Å². The van der Waals surface area contributed by atoms with Crippen molar-refractivity contribution < 1.29 is 19.1 Å². The van der Waals surface area contributed by atoms with Gasteiger partial charge in [0.05, 0.1) is 25.0 Å². The highest BCUT2D eigenvalue weighted by molar-refractivity contribution is 5.94. The number of amides is 3. The fourth-order valence-corrected chi connectivity index (χ4v) is 5.74. The molecule has 1 saturated carbocycles. The van der Waals surface area contributed by atoms with E-state index in [-0.39, 0.29) is 17.7 Å². The van der Waals surface area contributed by atoms with Crippen molar-refractivity contribution in [2.75, 3.05) is 13.7 Å². The van der Waals surface area contributed by atoms with E-state index in [9.17, 15) is 14.4 Å². The van der Waals surface area contributed by atoms with E-state index < -0.39 is 11.9 Å². The largest absolute Gasteiger partial charge is 0.497 e. The van der Waals surface area contributed by atoms with Gasteiger partial charge in [-0.1, -0.05) is 36.4 Å². The van der Waals surface area contributed by atoms with Crippen LogP contribution in [0.2, 0.25) is 0 Å². The van der Waals surface area contributed by atoms with Gasteiger partial charge in [0.25, 0.3) is 5.91 Å². The maximum Gasteiger partial charge on any atom is 0.251 e. The maximum absolute atomic E-state index is 13.5. The fourth-order valence-electron chi connectivity index (χ4n) is 5.74. The number of nitrogens with two attached hydrogens (primary N) is 2. The lowest BCUT2D eigenvalue weighted by atomic mass is 9.81. The molecule has 7 N–H and O–H groups in total. The Morgan fingerprint density at radius 2 is 1.69 bits per heavy atom. The molecule has 45 heavy (non-hydrogen) atoms. The van der Waals surface area contributed by atoms with Crippen LogP contribution in [0, 0.1) is 11.8 Å². The van der Waals surface area contributed by atoms with E-state index in [1.807, 2.05) is 42.5 Å². The van der Waals surface area contributed by atoms with E-state index in [2.05, 4.69) is 20.6 Å². The Labute approximate surface area is 263 Å². The molecule has 1 aromatic heterocycles. The molecule has 0 radical (unpaired) electrons. The summed E-state index contributed by atoms with van der Waals surface area (Å²) in [5, 5.41) is 6.22. The smallest absolute Gasteiger partial charge is 0.251 e. The highest BCUT2D eigenvalue weighted by Crippen LogP contribution is 2.30. The minimum absolute atomic E-state index is 0.00683. The zero-order valence-corrected chi connectivity index (χ0v) is 25.4. The van der Waals surface area contributed by atoms with Gasteiger partial charge in [0.1, 0.15) is 11.6 Å². The van der Waals surface area contributed by atoms with Crippen molar-refractivity contribution in [3.63, 3.8) is 0 Å². The van der Waals surface area contributed by atoms with E-state index in [0.717, 1.165) is 53.8 Å². The van der Waals surface area contributed by atoms with Gasteiger partial charge >= 0.3 is 0 Å². The summed E-state index contributed by atoms with van der Waals surface area (Å²) in [6.07, 6.45) is 5.64. The van der Waals surface area contributed by atoms with Crippen LogP contribution in [0.1, 0.15) is 69.4 Å². The van der Waals surface area contributed by atoms with Crippen LogP contribution in [-0.2, 0) is 17.8 Å². The fraction of sp³-hybridized carbons (Fsp3) is 0.314. The molecule has 4 aromatic rings. The molecule has 1 fully saturated rings. The van der Waals surface area contributed by atoms with Gasteiger partial charge in [0.15, 0.2) is 0 Å². The van der Waals surface area contributed by atoms with Crippen molar-refractivity contribution in [1.29, 1.82) is 0 Å². The van der Waals surface area contributed by atoms with Crippen LogP contribution < -0.4 is 26.8 Å². The number of nitrogens with one attached hydrogen (secondary N) is 3. The van der Waals surface area contributed by atoms with E-state index in [1.54, 1.807) is 43.6 Å². The van der Waals surface area contributed by atoms with Crippen LogP contribution in [-0.4, -0.2) is 41.3 Å². The lowest BCUT2D eigenvalue weighted by molar-refractivity contribution is -0.127. The van der Waals surface area contributed by atoms with Gasteiger partial charge in [-0.3, -0.25) is 14.4 Å². The molecule has 3 aromatic carbocycles. The summed E-state index contributed by atoms with van der Waals surface area (Å²) in [5.74, 6) is 1.05. The molecule has 1 aliphatic rings. The number of hydrogen-bond donors (Lipinski definition) is 5. The summed E-state index contributed by atoms with van der Waals surface area (Å²) in [5.41, 5.74) is 15.6.